The Morgan fingerprint density at radius 2 is 1.43 bits per heavy atom. The highest BCUT2D eigenvalue weighted by atomic mass is 79.9. The molecule has 1 aromatic rings. The molecule has 0 spiro atoms. The summed E-state index contributed by atoms with van der Waals surface area (Å²) in [5.74, 6) is 0. The topological polar surface area (TPSA) is 0 Å². The minimum absolute atomic E-state index is 0.399. The number of allylic oxidation sites excluding steroid dienone is 1. The third kappa shape index (κ3) is 3.17. The molecule has 0 nitrogen and oxygen atoms in total. The predicted molar refractivity (Wildman–Crippen MR) is 79.8 cm³/mol. The smallest absolute Gasteiger partial charge is 0.0622 e. The van der Waals surface area contributed by atoms with Crippen molar-refractivity contribution in [1.29, 1.82) is 0 Å². The second-order valence-electron chi connectivity index (χ2n) is 2.51. The molecule has 0 saturated carbocycles. The van der Waals surface area contributed by atoms with Crippen molar-refractivity contribution in [3.05, 3.63) is 43.8 Å². The van der Waals surface area contributed by atoms with E-state index < -0.39 is 3.23 Å². The van der Waals surface area contributed by atoms with Crippen LogP contribution in [0.3, 0.4) is 0 Å². The molecule has 0 aliphatic rings. The molecule has 0 amide bonds. The maximum atomic E-state index is 3.61. The molecule has 0 aliphatic carbocycles. The summed E-state index contributed by atoms with van der Waals surface area (Å²) >= 11 is 17.4. The average molecular weight is 513 g/mol. The Kier molecular flexibility index (Phi) is 5.39. The maximum Gasteiger partial charge on any atom is 0.138 e. The summed E-state index contributed by atoms with van der Waals surface area (Å²) in [5.41, 5.74) is 1.11. The van der Waals surface area contributed by atoms with Gasteiger partial charge in [0.15, 0.2) is 0 Å². The van der Waals surface area contributed by atoms with E-state index in [1.54, 1.807) is 0 Å². The summed E-state index contributed by atoms with van der Waals surface area (Å²) in [6.45, 7) is 0. The number of benzene rings is 1. The highest BCUT2D eigenvalue weighted by Gasteiger charge is 2.30. The SMILES string of the molecule is BrC(Br)=C(Br)C(Br)(Br)c1ccccc1. The van der Waals surface area contributed by atoms with Gasteiger partial charge in [0.05, 0.1) is 3.39 Å². The van der Waals surface area contributed by atoms with Crippen LogP contribution in [0, 0.1) is 0 Å². The van der Waals surface area contributed by atoms with Crippen molar-refractivity contribution in [3.63, 3.8) is 0 Å². The fourth-order valence-electron chi connectivity index (χ4n) is 0.893. The Balaban J connectivity index is 3.15. The van der Waals surface area contributed by atoms with Crippen LogP contribution in [0.5, 0.6) is 0 Å². The first-order valence-corrected chi connectivity index (χ1v) is 7.57. The molecule has 0 bridgehead atoms. The van der Waals surface area contributed by atoms with Crippen LogP contribution in [-0.4, -0.2) is 0 Å². The molecular formula is C9H5Br5. The second-order valence-corrected chi connectivity index (χ2v) is 9.40. The summed E-state index contributed by atoms with van der Waals surface area (Å²) in [6.07, 6.45) is 0. The Labute approximate surface area is 125 Å². The van der Waals surface area contributed by atoms with E-state index in [1.165, 1.54) is 0 Å². The largest absolute Gasteiger partial charge is 0.138 e. The zero-order valence-electron chi connectivity index (χ0n) is 6.78. The summed E-state index contributed by atoms with van der Waals surface area (Å²) in [6, 6.07) is 10.0. The standard InChI is InChI=1S/C9H5Br5/c10-7(8(11)12)9(13,14)6-4-2-1-3-5-6/h1-5H. The summed E-state index contributed by atoms with van der Waals surface area (Å²) in [4.78, 5) is 0. The van der Waals surface area contributed by atoms with Gasteiger partial charge in [-0.1, -0.05) is 78.1 Å². The van der Waals surface area contributed by atoms with Crippen LogP contribution in [0.1, 0.15) is 5.56 Å². The van der Waals surface area contributed by atoms with Crippen LogP contribution >= 0.6 is 79.6 Å². The molecule has 5 heteroatoms. The first kappa shape index (κ1) is 13.4. The van der Waals surface area contributed by atoms with Gasteiger partial charge in [0, 0.05) is 4.48 Å². The van der Waals surface area contributed by atoms with Crippen molar-refractivity contribution in [2.75, 3.05) is 0 Å². The highest BCUT2D eigenvalue weighted by molar-refractivity contribution is 9.29. The van der Waals surface area contributed by atoms with Gasteiger partial charge in [-0.3, -0.25) is 0 Å². The van der Waals surface area contributed by atoms with Crippen molar-refractivity contribution in [1.82, 2.24) is 0 Å². The number of hydrogen-bond acceptors (Lipinski definition) is 0. The minimum atomic E-state index is -0.399. The lowest BCUT2D eigenvalue weighted by Gasteiger charge is -2.20. The van der Waals surface area contributed by atoms with Gasteiger partial charge < -0.3 is 0 Å². The van der Waals surface area contributed by atoms with Crippen LogP contribution < -0.4 is 0 Å². The Bertz CT molecular complexity index is 337. The monoisotopic (exact) mass is 508 g/mol. The molecule has 0 heterocycles. The van der Waals surface area contributed by atoms with Gasteiger partial charge in [-0.05, 0) is 37.4 Å². The third-order valence-corrected chi connectivity index (χ3v) is 7.20. The highest BCUT2D eigenvalue weighted by Crippen LogP contribution is 2.50. The van der Waals surface area contributed by atoms with E-state index in [9.17, 15) is 0 Å². The number of alkyl halides is 2. The van der Waals surface area contributed by atoms with E-state index >= 15 is 0 Å². The van der Waals surface area contributed by atoms with Crippen molar-refractivity contribution in [3.8, 4) is 0 Å². The molecule has 0 fully saturated rings. The summed E-state index contributed by atoms with van der Waals surface area (Å²) < 4.78 is 1.41. The molecule has 0 aromatic heterocycles. The van der Waals surface area contributed by atoms with E-state index in [0.717, 1.165) is 13.4 Å². The van der Waals surface area contributed by atoms with Crippen LogP contribution in [0.25, 0.3) is 0 Å². The van der Waals surface area contributed by atoms with Crippen LogP contribution in [0.4, 0.5) is 0 Å². The Morgan fingerprint density at radius 3 is 1.86 bits per heavy atom. The van der Waals surface area contributed by atoms with E-state index in [4.69, 9.17) is 0 Å². The molecule has 0 N–H and O–H groups in total. The normalized spacial score (nSPS) is 11.2. The van der Waals surface area contributed by atoms with E-state index in [2.05, 4.69) is 79.6 Å². The average Bonchev–Trinajstić information content (AvgIpc) is 2.18. The lowest BCUT2D eigenvalue weighted by Crippen LogP contribution is -2.08. The molecule has 0 atom stereocenters. The lowest BCUT2D eigenvalue weighted by atomic mass is 10.1. The summed E-state index contributed by atoms with van der Waals surface area (Å²) in [5, 5.41) is 0. The van der Waals surface area contributed by atoms with E-state index in [1.807, 2.05) is 30.3 Å². The Hall–Kier alpha value is 1.36. The number of rotatable bonds is 2. The fourth-order valence-corrected chi connectivity index (χ4v) is 3.71. The lowest BCUT2D eigenvalue weighted by molar-refractivity contribution is 1.18. The van der Waals surface area contributed by atoms with Gasteiger partial charge in [0.25, 0.3) is 0 Å². The van der Waals surface area contributed by atoms with E-state index in [-0.39, 0.29) is 0 Å². The quantitative estimate of drug-likeness (QED) is 0.428. The van der Waals surface area contributed by atoms with Gasteiger partial charge >= 0.3 is 0 Å². The molecular weight excluding hydrogens is 508 g/mol. The van der Waals surface area contributed by atoms with Crippen LogP contribution in [0.2, 0.25) is 0 Å². The van der Waals surface area contributed by atoms with Crippen molar-refractivity contribution in [2.24, 2.45) is 0 Å². The van der Waals surface area contributed by atoms with Gasteiger partial charge in [-0.15, -0.1) is 0 Å². The first-order chi connectivity index (χ1) is 6.46. The van der Waals surface area contributed by atoms with Crippen LogP contribution in [0.15, 0.2) is 38.2 Å². The second kappa shape index (κ2) is 5.62. The maximum absolute atomic E-state index is 3.61. The minimum Gasteiger partial charge on any atom is -0.0622 e. The molecule has 0 saturated heterocycles. The molecule has 0 unspecified atom stereocenters. The molecule has 1 rings (SSSR count). The van der Waals surface area contributed by atoms with E-state index in [0.29, 0.717) is 0 Å². The number of hydrogen-bond donors (Lipinski definition) is 0. The van der Waals surface area contributed by atoms with Gasteiger partial charge in [-0.25, -0.2) is 0 Å². The van der Waals surface area contributed by atoms with Gasteiger partial charge in [-0.2, -0.15) is 0 Å². The van der Waals surface area contributed by atoms with Crippen molar-refractivity contribution >= 4 is 79.6 Å². The van der Waals surface area contributed by atoms with Crippen molar-refractivity contribution in [2.45, 2.75) is 3.23 Å². The first-order valence-electron chi connectivity index (χ1n) is 3.61. The Morgan fingerprint density at radius 1 is 0.929 bits per heavy atom. The van der Waals surface area contributed by atoms with Gasteiger partial charge in [0.1, 0.15) is 3.23 Å². The molecule has 76 valence electrons. The van der Waals surface area contributed by atoms with Crippen LogP contribution in [-0.2, 0) is 3.23 Å². The predicted octanol–water partition coefficient (Wildman–Crippen LogP) is 5.98. The molecule has 0 aliphatic heterocycles. The molecule has 1 aromatic carbocycles. The van der Waals surface area contributed by atoms with Crippen molar-refractivity contribution < 1.29 is 0 Å². The van der Waals surface area contributed by atoms with Gasteiger partial charge in [0.2, 0.25) is 0 Å². The zero-order chi connectivity index (χ0) is 10.8. The fraction of sp³-hybridized carbons (Fsp3) is 0.111. The summed E-state index contributed by atoms with van der Waals surface area (Å²) in [7, 11) is 0. The zero-order valence-corrected chi connectivity index (χ0v) is 14.7. The molecule has 0 radical (unpaired) electrons. The molecule has 14 heavy (non-hydrogen) atoms. The number of halogens is 5. The third-order valence-electron chi connectivity index (χ3n) is 1.58.